The summed E-state index contributed by atoms with van der Waals surface area (Å²) in [6.07, 6.45) is 8.58. The van der Waals surface area contributed by atoms with Crippen LogP contribution in [0, 0.1) is 0 Å². The number of hydrogen-bond donors (Lipinski definition) is 1. The molecule has 0 saturated carbocycles. The molecule has 0 amide bonds. The van der Waals surface area contributed by atoms with Crippen LogP contribution in [0.25, 0.3) is 33.1 Å². The Morgan fingerprint density at radius 1 is 0.821 bits per heavy atom. The van der Waals surface area contributed by atoms with Gasteiger partial charge in [0.05, 0.1) is 6.04 Å². The molecule has 0 radical (unpaired) electrons. The Morgan fingerprint density at radius 2 is 1.59 bits per heavy atom. The van der Waals surface area contributed by atoms with Crippen molar-refractivity contribution in [1.29, 1.82) is 0 Å². The molecule has 1 aliphatic carbocycles. The van der Waals surface area contributed by atoms with E-state index in [9.17, 15) is 0 Å². The van der Waals surface area contributed by atoms with Gasteiger partial charge in [0.25, 0.3) is 0 Å². The van der Waals surface area contributed by atoms with Crippen molar-refractivity contribution in [2.75, 3.05) is 10.2 Å². The molecule has 2 atom stereocenters. The molecule has 2 aliphatic heterocycles. The van der Waals surface area contributed by atoms with E-state index in [-0.39, 0.29) is 12.0 Å². The average Bonchev–Trinajstić information content (AvgIpc) is 3.60. The minimum absolute atomic E-state index is 0.252. The van der Waals surface area contributed by atoms with Crippen LogP contribution >= 0.6 is 0 Å². The highest BCUT2D eigenvalue weighted by molar-refractivity contribution is 6.05. The number of nitrogens with one attached hydrogen (secondary N) is 1. The largest absolute Gasteiger partial charge is 0.456 e. The topological polar surface area (TPSA) is 28.4 Å². The number of benzene rings is 4. The van der Waals surface area contributed by atoms with Crippen LogP contribution in [-0.4, -0.2) is 6.04 Å². The van der Waals surface area contributed by atoms with Gasteiger partial charge in [-0.25, -0.2) is 0 Å². The molecule has 2 unspecified atom stereocenters. The van der Waals surface area contributed by atoms with Gasteiger partial charge in [-0.15, -0.1) is 0 Å². The fourth-order valence-electron chi connectivity index (χ4n) is 6.53. The molecule has 1 aromatic heterocycles. The summed E-state index contributed by atoms with van der Waals surface area (Å²) < 4.78 is 6.11. The third kappa shape index (κ3) is 3.23. The molecule has 1 N–H and O–H groups in total. The molecular formula is C36H26N2O. The quantitative estimate of drug-likeness (QED) is 0.266. The van der Waals surface area contributed by atoms with Gasteiger partial charge >= 0.3 is 0 Å². The molecule has 1 fully saturated rings. The van der Waals surface area contributed by atoms with Crippen molar-refractivity contribution < 1.29 is 4.42 Å². The Kier molecular flexibility index (Phi) is 4.65. The fourth-order valence-corrected chi connectivity index (χ4v) is 6.53. The third-order valence-electron chi connectivity index (χ3n) is 8.25. The predicted molar refractivity (Wildman–Crippen MR) is 162 cm³/mol. The van der Waals surface area contributed by atoms with Crippen LogP contribution < -0.4 is 10.2 Å². The summed E-state index contributed by atoms with van der Waals surface area (Å²) >= 11 is 0. The number of rotatable bonds is 4. The Balaban J connectivity index is 1.12. The van der Waals surface area contributed by atoms with E-state index in [1.807, 2.05) is 18.2 Å². The highest BCUT2D eigenvalue weighted by Crippen LogP contribution is 2.55. The maximum atomic E-state index is 6.11. The maximum absolute atomic E-state index is 6.11. The Morgan fingerprint density at radius 3 is 2.46 bits per heavy atom. The summed E-state index contributed by atoms with van der Waals surface area (Å²) in [4.78, 5) is 2.39. The van der Waals surface area contributed by atoms with Crippen molar-refractivity contribution in [2.45, 2.75) is 12.0 Å². The van der Waals surface area contributed by atoms with Gasteiger partial charge in [-0.05, 0) is 64.7 Å². The summed E-state index contributed by atoms with van der Waals surface area (Å²) in [5.41, 5.74) is 12.4. The lowest BCUT2D eigenvalue weighted by atomic mass is 9.83. The van der Waals surface area contributed by atoms with Crippen LogP contribution in [0.4, 0.5) is 11.4 Å². The van der Waals surface area contributed by atoms with E-state index in [1.54, 1.807) is 0 Å². The van der Waals surface area contributed by atoms with Gasteiger partial charge in [-0.3, -0.25) is 0 Å². The first-order valence-electron chi connectivity index (χ1n) is 13.3. The van der Waals surface area contributed by atoms with Crippen LogP contribution in [0.1, 0.15) is 11.5 Å². The number of para-hydroxylation sites is 2. The first kappa shape index (κ1) is 22.0. The first-order chi connectivity index (χ1) is 19.2. The lowest BCUT2D eigenvalue weighted by Gasteiger charge is -2.26. The smallest absolute Gasteiger partial charge is 0.136 e. The van der Waals surface area contributed by atoms with E-state index >= 15 is 0 Å². The predicted octanol–water partition coefficient (Wildman–Crippen LogP) is 9.10. The zero-order valence-corrected chi connectivity index (χ0v) is 21.4. The fraction of sp³-hybridized carbons (Fsp3) is 0.0556. The number of allylic oxidation sites excluding steroid dienone is 4. The van der Waals surface area contributed by atoms with Gasteiger partial charge in [0.2, 0.25) is 0 Å². The van der Waals surface area contributed by atoms with Crippen LogP contribution in [-0.2, 0) is 0 Å². The van der Waals surface area contributed by atoms with Gasteiger partial charge in [0.1, 0.15) is 11.2 Å². The van der Waals surface area contributed by atoms with Crippen molar-refractivity contribution in [3.8, 4) is 11.1 Å². The minimum atomic E-state index is 0.252. The van der Waals surface area contributed by atoms with Crippen molar-refractivity contribution in [1.82, 2.24) is 0 Å². The van der Waals surface area contributed by atoms with Gasteiger partial charge in [0.15, 0.2) is 0 Å². The maximum Gasteiger partial charge on any atom is 0.136 e. The summed E-state index contributed by atoms with van der Waals surface area (Å²) in [5, 5.41) is 5.98. The molecule has 186 valence electrons. The summed E-state index contributed by atoms with van der Waals surface area (Å²) in [6.45, 7) is 8.40. The zero-order valence-electron chi connectivity index (χ0n) is 21.4. The molecule has 4 aromatic carbocycles. The molecular weight excluding hydrogens is 476 g/mol. The van der Waals surface area contributed by atoms with E-state index in [1.165, 1.54) is 22.4 Å². The molecule has 3 heterocycles. The van der Waals surface area contributed by atoms with Crippen LogP contribution in [0.15, 0.2) is 155 Å². The Bertz CT molecular complexity index is 1930. The summed E-state index contributed by atoms with van der Waals surface area (Å²) in [6, 6.07) is 32.2. The van der Waals surface area contributed by atoms with Crippen molar-refractivity contribution in [3.63, 3.8) is 0 Å². The second kappa shape index (κ2) is 8.24. The summed E-state index contributed by atoms with van der Waals surface area (Å²) in [7, 11) is 0. The summed E-state index contributed by atoms with van der Waals surface area (Å²) in [5.74, 6) is 0.269. The Labute approximate surface area is 227 Å². The highest BCUT2D eigenvalue weighted by Gasteiger charge is 2.48. The second-order valence-electron chi connectivity index (χ2n) is 10.4. The second-order valence-corrected chi connectivity index (χ2v) is 10.4. The number of nitrogens with zero attached hydrogens (tertiary/aromatic N) is 1. The van der Waals surface area contributed by atoms with Crippen molar-refractivity contribution in [3.05, 3.63) is 157 Å². The number of anilines is 2. The van der Waals surface area contributed by atoms with Crippen molar-refractivity contribution >= 4 is 33.3 Å². The monoisotopic (exact) mass is 502 g/mol. The van der Waals surface area contributed by atoms with E-state index in [0.717, 1.165) is 50.1 Å². The van der Waals surface area contributed by atoms with Gasteiger partial charge in [-0.2, -0.15) is 0 Å². The third-order valence-corrected chi connectivity index (χ3v) is 8.25. The van der Waals surface area contributed by atoms with E-state index in [0.29, 0.717) is 0 Å². The molecule has 5 aromatic rings. The molecule has 3 aliphatic rings. The first-order valence-corrected chi connectivity index (χ1v) is 13.3. The van der Waals surface area contributed by atoms with Crippen LogP contribution in [0.3, 0.4) is 0 Å². The number of hydrogen-bond acceptors (Lipinski definition) is 3. The molecule has 0 spiro atoms. The van der Waals surface area contributed by atoms with E-state index in [2.05, 4.69) is 120 Å². The standard InChI is InChI=1S/C36H26N2O/c1-3-8-27-22(2)38-33-11-6-4-9-28(33)32-21-26(20-31(27)36(32)38)37-25-16-13-23(14-17-25)24-15-18-30-29-10-5-7-12-34(29)39-35(30)19-24/h3-21,32,36-37H,1-2H2. The van der Waals surface area contributed by atoms with E-state index < -0.39 is 0 Å². The Hall–Kier alpha value is -5.02. The van der Waals surface area contributed by atoms with Gasteiger partial charge in [-0.1, -0.05) is 86.0 Å². The molecule has 1 saturated heterocycles. The lowest BCUT2D eigenvalue weighted by molar-refractivity contribution is 0.669. The minimum Gasteiger partial charge on any atom is -0.456 e. The molecule has 0 bridgehead atoms. The van der Waals surface area contributed by atoms with Crippen molar-refractivity contribution in [2.24, 2.45) is 0 Å². The zero-order chi connectivity index (χ0) is 26.1. The van der Waals surface area contributed by atoms with E-state index in [4.69, 9.17) is 4.42 Å². The molecule has 3 nitrogen and oxygen atoms in total. The highest BCUT2D eigenvalue weighted by atomic mass is 16.3. The lowest BCUT2D eigenvalue weighted by Crippen LogP contribution is -2.28. The molecule has 8 rings (SSSR count). The van der Waals surface area contributed by atoms with Gasteiger partial charge < -0.3 is 14.6 Å². The average molecular weight is 503 g/mol. The van der Waals surface area contributed by atoms with Crippen LogP contribution in [0.2, 0.25) is 0 Å². The molecule has 39 heavy (non-hydrogen) atoms. The van der Waals surface area contributed by atoms with Gasteiger partial charge in [0, 0.05) is 45.0 Å². The van der Waals surface area contributed by atoms with Crippen LogP contribution in [0.5, 0.6) is 0 Å². The normalized spacial score (nSPS) is 20.3. The number of furan rings is 1. The number of fused-ring (bicyclic) bond motifs is 6. The SMILES string of the molecule is C=CC=C1C(=C)N2c3ccccc3C3C=C(Nc4ccc(-c5ccc6c(c5)oc5ccccc56)cc4)C=C1C32. The molecule has 3 heteroatoms.